The predicted octanol–water partition coefficient (Wildman–Crippen LogP) is 14.0. The van der Waals surface area contributed by atoms with E-state index in [1.54, 1.807) is 11.6 Å². The first-order valence-electron chi connectivity index (χ1n) is 29.9. The Morgan fingerprint density at radius 2 is 1.45 bits per heavy atom. The molecule has 398 valence electrons. The van der Waals surface area contributed by atoms with Gasteiger partial charge in [0.2, 0.25) is 0 Å². The molecular formula is C66H92O7. The van der Waals surface area contributed by atoms with Crippen LogP contribution in [-0.4, -0.2) is 57.3 Å². The van der Waals surface area contributed by atoms with E-state index >= 15 is 0 Å². The highest BCUT2D eigenvalue weighted by Gasteiger charge is 2.82. The van der Waals surface area contributed by atoms with Crippen LogP contribution < -0.4 is 0 Å². The number of carbonyl (C=O) groups excluding carboxylic acids is 2. The van der Waals surface area contributed by atoms with Crippen molar-refractivity contribution >= 4 is 11.9 Å². The SMILES string of the molecule is CC(=O)O[C@@H]1C[C@]2(C)C=C[C@](O)(CC[C@H](C)CCCc3ccccc3)[C@@]3([C@H](O)CC[C@@](C)(C4CCC5(CC4)C[C@@H](CC4(c6ccccc6)CCCC4)[C@]4(CCC6(CCCC6)C4)C5)[C@H]13)[C@@]2(O)CCC1=CC(=O)OC1. The zero-order valence-corrected chi connectivity index (χ0v) is 45.5. The number of hydrogen-bond donors (Lipinski definition) is 3. The van der Waals surface area contributed by atoms with Crippen molar-refractivity contribution in [2.24, 2.45) is 56.2 Å². The number of aliphatic hydroxyl groups is 3. The van der Waals surface area contributed by atoms with Gasteiger partial charge in [0.25, 0.3) is 0 Å². The molecule has 11 rings (SSSR count). The molecule has 73 heavy (non-hydrogen) atoms. The van der Waals surface area contributed by atoms with E-state index in [1.165, 1.54) is 115 Å². The molecule has 3 N–H and O–H groups in total. The van der Waals surface area contributed by atoms with E-state index < -0.39 is 45.6 Å². The Labute approximate surface area is 439 Å². The summed E-state index contributed by atoms with van der Waals surface area (Å²) in [4.78, 5) is 25.9. The number of fused-ring (bicyclic) bond motifs is 1. The summed E-state index contributed by atoms with van der Waals surface area (Å²) in [7, 11) is 0. The number of rotatable bonds is 15. The third kappa shape index (κ3) is 8.69. The Bertz CT molecular complexity index is 2370. The number of hydrogen-bond acceptors (Lipinski definition) is 7. The van der Waals surface area contributed by atoms with Crippen LogP contribution in [-0.2, 0) is 30.9 Å². The van der Waals surface area contributed by atoms with E-state index in [4.69, 9.17) is 9.47 Å². The van der Waals surface area contributed by atoms with E-state index in [9.17, 15) is 24.9 Å². The molecule has 0 saturated heterocycles. The molecule has 4 spiro atoms. The second kappa shape index (κ2) is 19.3. The standard InChI is InChI=1S/C66H92O7/c1-47(16-15-19-49-17-7-5-8-18-49)22-34-64(70)39-36-58(3)43-54(73-48(2)67)57-59(4,31-26-55(68)66(57,64)65(58,71)35-23-50-40-56(69)72-44-50)51-24-32-61(33-25-51)41-53(63(46-61)38-37-60(45-63)27-11-12-28-60)42-62(29-13-14-30-62)52-20-9-6-10-21-52/h5-10,17-18,20-21,36,39-40,47,51,53-55,57,68,70-71H,11-16,19,22-35,37-38,41-46H2,1-4H3/t47-,51?,53+,54-,55-,57+,58+,59+,61?,63+,64-,65-,66+/m1/s1. The quantitative estimate of drug-likeness (QED) is 0.120. The molecule has 7 nitrogen and oxygen atoms in total. The summed E-state index contributed by atoms with van der Waals surface area (Å²) in [5.74, 6) is 0.109. The van der Waals surface area contributed by atoms with Crippen molar-refractivity contribution < 1.29 is 34.4 Å². The molecule has 7 heteroatoms. The number of aliphatic hydroxyl groups excluding tert-OH is 1. The Morgan fingerprint density at radius 3 is 2.14 bits per heavy atom. The maximum absolute atomic E-state index is 14.3. The molecule has 7 fully saturated rings. The van der Waals surface area contributed by atoms with Gasteiger partial charge in [-0.05, 0) is 209 Å². The minimum atomic E-state index is -1.59. The molecule has 2 bridgehead atoms. The zero-order valence-electron chi connectivity index (χ0n) is 45.5. The van der Waals surface area contributed by atoms with Crippen LogP contribution in [0.15, 0.2) is 84.5 Å². The van der Waals surface area contributed by atoms with Gasteiger partial charge < -0.3 is 24.8 Å². The monoisotopic (exact) mass is 997 g/mol. The van der Waals surface area contributed by atoms with Crippen molar-refractivity contribution in [1.29, 1.82) is 0 Å². The lowest BCUT2D eigenvalue weighted by Gasteiger charge is -2.76. The summed E-state index contributed by atoms with van der Waals surface area (Å²) in [5.41, 5.74) is -0.686. The van der Waals surface area contributed by atoms with Gasteiger partial charge in [0.15, 0.2) is 0 Å². The Balaban J connectivity index is 0.927. The molecule has 7 saturated carbocycles. The molecule has 0 radical (unpaired) electrons. The second-order valence-electron chi connectivity index (χ2n) is 27.9. The van der Waals surface area contributed by atoms with Gasteiger partial charge in [0.05, 0.1) is 22.7 Å². The second-order valence-corrected chi connectivity index (χ2v) is 27.9. The molecule has 2 aromatic carbocycles. The van der Waals surface area contributed by atoms with Gasteiger partial charge in [-0.1, -0.05) is 126 Å². The molecule has 0 amide bonds. The summed E-state index contributed by atoms with van der Waals surface area (Å²) in [6.07, 6.45) is 34.3. The smallest absolute Gasteiger partial charge is 0.331 e. The molecule has 8 aliphatic carbocycles. The molecule has 2 aromatic rings. The van der Waals surface area contributed by atoms with Crippen molar-refractivity contribution in [1.82, 2.24) is 0 Å². The average Bonchev–Trinajstić information content (AvgIpc) is 4.24. The number of benzene rings is 2. The summed E-state index contributed by atoms with van der Waals surface area (Å²) in [6, 6.07) is 22.3. The highest BCUT2D eigenvalue weighted by Crippen LogP contribution is 2.77. The predicted molar refractivity (Wildman–Crippen MR) is 288 cm³/mol. The first kappa shape index (κ1) is 51.8. The summed E-state index contributed by atoms with van der Waals surface area (Å²) < 4.78 is 12.0. The van der Waals surface area contributed by atoms with Gasteiger partial charge in [-0.2, -0.15) is 0 Å². The minimum Gasteiger partial charge on any atom is -0.462 e. The van der Waals surface area contributed by atoms with Crippen LogP contribution in [0.25, 0.3) is 0 Å². The van der Waals surface area contributed by atoms with Crippen molar-refractivity contribution in [3.8, 4) is 0 Å². The lowest BCUT2D eigenvalue weighted by Crippen LogP contribution is -2.83. The third-order valence-corrected chi connectivity index (χ3v) is 24.0. The van der Waals surface area contributed by atoms with Crippen LogP contribution in [0.1, 0.15) is 212 Å². The summed E-state index contributed by atoms with van der Waals surface area (Å²) in [5, 5.41) is 41.6. The van der Waals surface area contributed by atoms with Crippen molar-refractivity contribution in [3.05, 3.63) is 95.6 Å². The maximum Gasteiger partial charge on any atom is 0.331 e. The maximum atomic E-state index is 14.3. The van der Waals surface area contributed by atoms with Gasteiger partial charge in [-0.25, -0.2) is 4.79 Å². The van der Waals surface area contributed by atoms with Gasteiger partial charge in [0, 0.05) is 24.3 Å². The average molecular weight is 997 g/mol. The Morgan fingerprint density at radius 1 is 0.767 bits per heavy atom. The van der Waals surface area contributed by atoms with Crippen LogP contribution in [0, 0.1) is 56.2 Å². The fourth-order valence-electron chi connectivity index (χ4n) is 20.6. The molecule has 0 aromatic heterocycles. The largest absolute Gasteiger partial charge is 0.462 e. The normalized spacial score (nSPS) is 41.5. The first-order chi connectivity index (χ1) is 34.9. The number of cyclic esters (lactones) is 1. The Hall–Kier alpha value is -3.26. The zero-order chi connectivity index (χ0) is 51.0. The summed E-state index contributed by atoms with van der Waals surface area (Å²) >= 11 is 0. The van der Waals surface area contributed by atoms with Gasteiger partial charge in [-0.15, -0.1) is 0 Å². The molecule has 11 atom stereocenters. The van der Waals surface area contributed by atoms with Crippen molar-refractivity contribution in [2.75, 3.05) is 6.61 Å². The van der Waals surface area contributed by atoms with Crippen LogP contribution >= 0.6 is 0 Å². The fourth-order valence-corrected chi connectivity index (χ4v) is 20.6. The molecule has 1 aliphatic heterocycles. The number of ether oxygens (including phenoxy) is 2. The van der Waals surface area contributed by atoms with Gasteiger partial charge >= 0.3 is 11.9 Å². The topological polar surface area (TPSA) is 113 Å². The van der Waals surface area contributed by atoms with E-state index in [0.717, 1.165) is 56.4 Å². The molecule has 1 heterocycles. The minimum absolute atomic E-state index is 0.194. The van der Waals surface area contributed by atoms with Crippen LogP contribution in [0.3, 0.4) is 0 Å². The lowest BCUT2D eigenvalue weighted by molar-refractivity contribution is -0.362. The van der Waals surface area contributed by atoms with Gasteiger partial charge in [0.1, 0.15) is 12.7 Å². The molecular weight excluding hydrogens is 905 g/mol. The number of aryl methyl sites for hydroxylation is 1. The highest BCUT2D eigenvalue weighted by molar-refractivity contribution is 5.85. The number of esters is 2. The summed E-state index contributed by atoms with van der Waals surface area (Å²) in [6.45, 7) is 8.47. The first-order valence-corrected chi connectivity index (χ1v) is 29.9. The van der Waals surface area contributed by atoms with Crippen molar-refractivity contribution in [3.63, 3.8) is 0 Å². The number of carbonyl (C=O) groups is 2. The van der Waals surface area contributed by atoms with E-state index in [0.29, 0.717) is 47.8 Å². The fraction of sp³-hybridized carbons (Fsp3) is 0.727. The van der Waals surface area contributed by atoms with Crippen molar-refractivity contribution in [2.45, 2.75) is 236 Å². The highest BCUT2D eigenvalue weighted by atomic mass is 16.5. The molecule has 0 unspecified atom stereocenters. The third-order valence-electron chi connectivity index (χ3n) is 24.0. The van der Waals surface area contributed by atoms with Crippen LogP contribution in [0.4, 0.5) is 0 Å². The van der Waals surface area contributed by atoms with E-state index in [1.807, 2.05) is 12.2 Å². The van der Waals surface area contributed by atoms with Crippen LogP contribution in [0.2, 0.25) is 0 Å². The lowest BCUT2D eigenvalue weighted by atomic mass is 9.31. The molecule has 9 aliphatic rings. The van der Waals surface area contributed by atoms with Gasteiger partial charge in [-0.3, -0.25) is 4.79 Å². The van der Waals surface area contributed by atoms with Crippen LogP contribution in [0.5, 0.6) is 0 Å². The van der Waals surface area contributed by atoms with E-state index in [2.05, 4.69) is 81.4 Å². The van der Waals surface area contributed by atoms with E-state index in [-0.39, 0.29) is 36.3 Å². The Kier molecular flexibility index (Phi) is 13.7.